The lowest BCUT2D eigenvalue weighted by Crippen LogP contribution is -2.34. The highest BCUT2D eigenvalue weighted by molar-refractivity contribution is 4.83. The van der Waals surface area contributed by atoms with E-state index in [0.29, 0.717) is 6.04 Å². The lowest BCUT2D eigenvalue weighted by atomic mass is 10.2. The molecule has 14 heavy (non-hydrogen) atoms. The summed E-state index contributed by atoms with van der Waals surface area (Å²) in [5.74, 6) is 0.998. The summed E-state index contributed by atoms with van der Waals surface area (Å²) in [6.07, 6.45) is 4.18. The zero-order valence-electron chi connectivity index (χ0n) is 10.2. The minimum atomic E-state index is 0.626. The van der Waals surface area contributed by atoms with Crippen molar-refractivity contribution in [3.63, 3.8) is 0 Å². The number of nitrogens with zero attached hydrogens (tertiary/aromatic N) is 1. The molecule has 0 radical (unpaired) electrons. The van der Waals surface area contributed by atoms with Crippen LogP contribution in [-0.2, 0) is 0 Å². The Bertz CT molecular complexity index is 152. The molecular formula is C12H26N2. The van der Waals surface area contributed by atoms with Gasteiger partial charge in [0.2, 0.25) is 0 Å². The number of nitrogens with one attached hydrogen (secondary N) is 1. The molecule has 1 saturated carbocycles. The van der Waals surface area contributed by atoms with Gasteiger partial charge in [-0.15, -0.1) is 0 Å². The van der Waals surface area contributed by atoms with Gasteiger partial charge in [-0.05, 0) is 52.2 Å². The zero-order valence-corrected chi connectivity index (χ0v) is 10.2. The highest BCUT2D eigenvalue weighted by atomic mass is 15.1. The first-order chi connectivity index (χ1) is 6.61. The second-order valence-electron chi connectivity index (χ2n) is 5.02. The monoisotopic (exact) mass is 198 g/mol. The molecule has 1 aliphatic carbocycles. The minimum Gasteiger partial charge on any atom is -0.314 e. The van der Waals surface area contributed by atoms with Crippen molar-refractivity contribution in [2.45, 2.75) is 52.1 Å². The van der Waals surface area contributed by atoms with E-state index in [1.54, 1.807) is 0 Å². The molecule has 0 amide bonds. The van der Waals surface area contributed by atoms with Crippen molar-refractivity contribution in [3.8, 4) is 0 Å². The lowest BCUT2D eigenvalue weighted by molar-refractivity contribution is 0.230. The molecule has 2 heteroatoms. The average Bonchev–Trinajstić information content (AvgIpc) is 2.93. The van der Waals surface area contributed by atoms with Gasteiger partial charge in [0.15, 0.2) is 0 Å². The van der Waals surface area contributed by atoms with Gasteiger partial charge in [-0.1, -0.05) is 13.8 Å². The topological polar surface area (TPSA) is 15.3 Å². The highest BCUT2D eigenvalue weighted by Gasteiger charge is 2.29. The first-order valence-corrected chi connectivity index (χ1v) is 6.05. The molecule has 0 aromatic heterocycles. The molecule has 0 heterocycles. The number of hydrogen-bond donors (Lipinski definition) is 1. The van der Waals surface area contributed by atoms with Crippen LogP contribution in [0.15, 0.2) is 0 Å². The van der Waals surface area contributed by atoms with Gasteiger partial charge in [-0.2, -0.15) is 0 Å². The van der Waals surface area contributed by atoms with Crippen LogP contribution >= 0.6 is 0 Å². The zero-order chi connectivity index (χ0) is 10.6. The second kappa shape index (κ2) is 5.72. The quantitative estimate of drug-likeness (QED) is 0.630. The third-order valence-corrected chi connectivity index (χ3v) is 3.24. The predicted octanol–water partition coefficient (Wildman–Crippen LogP) is 2.10. The van der Waals surface area contributed by atoms with Crippen LogP contribution in [0.25, 0.3) is 0 Å². The third-order valence-electron chi connectivity index (χ3n) is 3.24. The molecule has 84 valence electrons. The summed E-state index contributed by atoms with van der Waals surface area (Å²) in [6.45, 7) is 9.16. The summed E-state index contributed by atoms with van der Waals surface area (Å²) in [6, 6.07) is 1.43. The van der Waals surface area contributed by atoms with Gasteiger partial charge in [-0.3, -0.25) is 0 Å². The van der Waals surface area contributed by atoms with E-state index < -0.39 is 0 Å². The Morgan fingerprint density at radius 1 is 1.29 bits per heavy atom. The molecule has 0 saturated heterocycles. The Kier molecular flexibility index (Phi) is 4.90. The maximum atomic E-state index is 3.46. The fraction of sp³-hybridized carbons (Fsp3) is 1.00. The molecule has 1 unspecified atom stereocenters. The molecule has 1 fully saturated rings. The molecule has 0 aromatic carbocycles. The molecule has 1 atom stereocenters. The van der Waals surface area contributed by atoms with E-state index in [1.165, 1.54) is 25.8 Å². The van der Waals surface area contributed by atoms with E-state index in [9.17, 15) is 0 Å². The third kappa shape index (κ3) is 4.43. The first-order valence-electron chi connectivity index (χ1n) is 6.05. The summed E-state index contributed by atoms with van der Waals surface area (Å²) < 4.78 is 0. The maximum absolute atomic E-state index is 3.46. The van der Waals surface area contributed by atoms with Crippen LogP contribution in [0.1, 0.15) is 40.0 Å². The van der Waals surface area contributed by atoms with E-state index in [1.807, 2.05) is 0 Å². The molecule has 1 aliphatic rings. The van der Waals surface area contributed by atoms with Crippen LogP contribution in [0.3, 0.4) is 0 Å². The van der Waals surface area contributed by atoms with Crippen LogP contribution < -0.4 is 5.32 Å². The van der Waals surface area contributed by atoms with Crippen LogP contribution in [0.4, 0.5) is 0 Å². The van der Waals surface area contributed by atoms with E-state index in [-0.39, 0.29) is 0 Å². The SMILES string of the molecule is CC(C)NCCCN(C)C(C)C1CC1. The predicted molar refractivity (Wildman–Crippen MR) is 62.6 cm³/mol. The van der Waals surface area contributed by atoms with Crippen molar-refractivity contribution < 1.29 is 0 Å². The molecule has 2 nitrogen and oxygen atoms in total. The number of hydrogen-bond acceptors (Lipinski definition) is 2. The summed E-state index contributed by atoms with van der Waals surface area (Å²) in [5.41, 5.74) is 0. The Hall–Kier alpha value is -0.0800. The van der Waals surface area contributed by atoms with Gasteiger partial charge >= 0.3 is 0 Å². The smallest absolute Gasteiger partial charge is 0.00921 e. The Labute approximate surface area is 89.1 Å². The lowest BCUT2D eigenvalue weighted by Gasteiger charge is -2.24. The molecular weight excluding hydrogens is 172 g/mol. The first kappa shape index (κ1) is 12.0. The van der Waals surface area contributed by atoms with Crippen molar-refractivity contribution in [3.05, 3.63) is 0 Å². The van der Waals surface area contributed by atoms with Crippen LogP contribution in [0, 0.1) is 5.92 Å². The standard InChI is InChI=1S/C12H26N2/c1-10(2)13-8-5-9-14(4)11(3)12-6-7-12/h10-13H,5-9H2,1-4H3. The van der Waals surface area contributed by atoms with E-state index in [0.717, 1.165) is 18.5 Å². The van der Waals surface area contributed by atoms with Gasteiger partial charge in [0, 0.05) is 12.1 Å². The van der Waals surface area contributed by atoms with Crippen LogP contribution in [0.5, 0.6) is 0 Å². The van der Waals surface area contributed by atoms with Gasteiger partial charge in [-0.25, -0.2) is 0 Å². The minimum absolute atomic E-state index is 0.626. The highest BCUT2D eigenvalue weighted by Crippen LogP contribution is 2.34. The van der Waals surface area contributed by atoms with Crippen molar-refractivity contribution in [1.82, 2.24) is 10.2 Å². The molecule has 0 bridgehead atoms. The van der Waals surface area contributed by atoms with Gasteiger partial charge in [0.05, 0.1) is 0 Å². The van der Waals surface area contributed by atoms with Crippen LogP contribution in [0.2, 0.25) is 0 Å². The summed E-state index contributed by atoms with van der Waals surface area (Å²) >= 11 is 0. The van der Waals surface area contributed by atoms with Crippen molar-refractivity contribution in [2.24, 2.45) is 5.92 Å². The summed E-state index contributed by atoms with van der Waals surface area (Å²) in [7, 11) is 2.26. The van der Waals surface area contributed by atoms with Crippen LogP contribution in [-0.4, -0.2) is 37.1 Å². The average molecular weight is 198 g/mol. The molecule has 1 N–H and O–H groups in total. The van der Waals surface area contributed by atoms with E-state index >= 15 is 0 Å². The molecule has 1 rings (SSSR count). The Morgan fingerprint density at radius 3 is 2.43 bits per heavy atom. The van der Waals surface area contributed by atoms with Crippen molar-refractivity contribution >= 4 is 0 Å². The fourth-order valence-corrected chi connectivity index (χ4v) is 1.86. The van der Waals surface area contributed by atoms with Crippen molar-refractivity contribution in [1.29, 1.82) is 0 Å². The summed E-state index contributed by atoms with van der Waals surface area (Å²) in [4.78, 5) is 2.51. The van der Waals surface area contributed by atoms with Gasteiger partial charge < -0.3 is 10.2 Å². The van der Waals surface area contributed by atoms with E-state index in [4.69, 9.17) is 0 Å². The van der Waals surface area contributed by atoms with Crippen molar-refractivity contribution in [2.75, 3.05) is 20.1 Å². The fourth-order valence-electron chi connectivity index (χ4n) is 1.86. The molecule has 0 aliphatic heterocycles. The Morgan fingerprint density at radius 2 is 1.93 bits per heavy atom. The van der Waals surface area contributed by atoms with E-state index in [2.05, 4.69) is 38.0 Å². The second-order valence-corrected chi connectivity index (χ2v) is 5.02. The normalized spacial score (nSPS) is 19.3. The van der Waals surface area contributed by atoms with Gasteiger partial charge in [0.25, 0.3) is 0 Å². The maximum Gasteiger partial charge on any atom is 0.00921 e. The Balaban J connectivity index is 1.99. The number of rotatable bonds is 7. The van der Waals surface area contributed by atoms with Gasteiger partial charge in [0.1, 0.15) is 0 Å². The largest absolute Gasteiger partial charge is 0.314 e. The summed E-state index contributed by atoms with van der Waals surface area (Å²) in [5, 5.41) is 3.46. The molecule has 0 spiro atoms. The molecule has 0 aromatic rings.